The van der Waals surface area contributed by atoms with Gasteiger partial charge in [0.2, 0.25) is 0 Å². The van der Waals surface area contributed by atoms with E-state index in [0.29, 0.717) is 6.04 Å². The van der Waals surface area contributed by atoms with Gasteiger partial charge in [-0.2, -0.15) is 0 Å². The van der Waals surface area contributed by atoms with Crippen LogP contribution in [0.2, 0.25) is 0 Å². The molecule has 4 heteroatoms. The molecule has 2 fully saturated rings. The van der Waals surface area contributed by atoms with Gasteiger partial charge >= 0.3 is 0 Å². The quantitative estimate of drug-likeness (QED) is 0.822. The number of piperazine rings is 1. The minimum atomic E-state index is 0.277. The first-order chi connectivity index (χ1) is 9.65. The predicted octanol–water partition coefficient (Wildman–Crippen LogP) is 1.22. The molecule has 0 spiro atoms. The van der Waals surface area contributed by atoms with Crippen LogP contribution in [0.15, 0.2) is 0 Å². The number of hydrogen-bond donors (Lipinski definition) is 1. The Balaban J connectivity index is 1.98. The van der Waals surface area contributed by atoms with E-state index >= 15 is 0 Å². The van der Waals surface area contributed by atoms with Crippen LogP contribution in [0.5, 0.6) is 0 Å². The topological polar surface area (TPSA) is 35.7 Å². The lowest BCUT2D eigenvalue weighted by atomic mass is 9.84. The van der Waals surface area contributed by atoms with Crippen LogP contribution in [0.4, 0.5) is 0 Å². The second-order valence-corrected chi connectivity index (χ2v) is 6.76. The Kier molecular flexibility index (Phi) is 5.84. The minimum Gasteiger partial charge on any atom is -0.329 e. The van der Waals surface area contributed by atoms with E-state index in [4.69, 9.17) is 5.73 Å². The molecule has 0 aliphatic carbocycles. The average molecular weight is 282 g/mol. The van der Waals surface area contributed by atoms with Gasteiger partial charge in [0.15, 0.2) is 0 Å². The van der Waals surface area contributed by atoms with E-state index in [0.717, 1.165) is 6.54 Å². The Bertz CT molecular complexity index is 286. The van der Waals surface area contributed by atoms with Crippen molar-refractivity contribution in [3.63, 3.8) is 0 Å². The van der Waals surface area contributed by atoms with E-state index in [1.807, 2.05) is 0 Å². The highest BCUT2D eigenvalue weighted by atomic mass is 15.3. The lowest BCUT2D eigenvalue weighted by Crippen LogP contribution is -2.65. The minimum absolute atomic E-state index is 0.277. The van der Waals surface area contributed by atoms with Crippen LogP contribution in [0.3, 0.4) is 0 Å². The monoisotopic (exact) mass is 282 g/mol. The summed E-state index contributed by atoms with van der Waals surface area (Å²) in [6, 6.07) is 0.709. The molecule has 1 atom stereocenters. The van der Waals surface area contributed by atoms with Gasteiger partial charge in [0.05, 0.1) is 0 Å². The van der Waals surface area contributed by atoms with Gasteiger partial charge < -0.3 is 15.5 Å². The SMILES string of the molecule is CCCN1CCC(CN)(N2CCN(C)C(CC)C2)CC1. The van der Waals surface area contributed by atoms with Crippen LogP contribution in [-0.2, 0) is 0 Å². The van der Waals surface area contributed by atoms with Crippen LogP contribution in [-0.4, -0.2) is 79.1 Å². The van der Waals surface area contributed by atoms with Gasteiger partial charge in [-0.3, -0.25) is 4.90 Å². The van der Waals surface area contributed by atoms with Crippen LogP contribution in [0.1, 0.15) is 39.5 Å². The second kappa shape index (κ2) is 7.21. The molecular weight excluding hydrogens is 248 g/mol. The Labute approximate surface area is 125 Å². The molecule has 1 unspecified atom stereocenters. The lowest BCUT2D eigenvalue weighted by Gasteiger charge is -2.52. The van der Waals surface area contributed by atoms with E-state index in [1.165, 1.54) is 65.0 Å². The highest BCUT2D eigenvalue weighted by Gasteiger charge is 2.41. The van der Waals surface area contributed by atoms with Crippen molar-refractivity contribution >= 4 is 0 Å². The number of nitrogens with two attached hydrogens (primary N) is 1. The van der Waals surface area contributed by atoms with Crippen LogP contribution in [0, 0.1) is 0 Å². The van der Waals surface area contributed by atoms with Crippen molar-refractivity contribution in [2.75, 3.05) is 52.9 Å². The number of rotatable bonds is 5. The largest absolute Gasteiger partial charge is 0.329 e. The molecule has 2 rings (SSSR count). The van der Waals surface area contributed by atoms with Crippen LogP contribution >= 0.6 is 0 Å². The zero-order valence-corrected chi connectivity index (χ0v) is 13.8. The zero-order valence-electron chi connectivity index (χ0n) is 13.8. The normalized spacial score (nSPS) is 29.7. The zero-order chi connectivity index (χ0) is 14.6. The third kappa shape index (κ3) is 3.35. The van der Waals surface area contributed by atoms with Crippen molar-refractivity contribution in [2.45, 2.75) is 51.1 Å². The van der Waals surface area contributed by atoms with Gasteiger partial charge in [-0.15, -0.1) is 0 Å². The van der Waals surface area contributed by atoms with Crippen molar-refractivity contribution in [3.05, 3.63) is 0 Å². The van der Waals surface area contributed by atoms with Gasteiger partial charge in [-0.05, 0) is 52.4 Å². The number of piperidine rings is 1. The summed E-state index contributed by atoms with van der Waals surface area (Å²) in [4.78, 5) is 7.86. The van der Waals surface area contributed by atoms with Crippen molar-refractivity contribution in [3.8, 4) is 0 Å². The Hall–Kier alpha value is -0.160. The Morgan fingerprint density at radius 1 is 1.10 bits per heavy atom. The molecule has 2 N–H and O–H groups in total. The maximum Gasteiger partial charge on any atom is 0.0357 e. The van der Waals surface area contributed by atoms with Crippen LogP contribution in [0.25, 0.3) is 0 Å². The summed E-state index contributed by atoms with van der Waals surface area (Å²) >= 11 is 0. The maximum atomic E-state index is 6.24. The maximum absolute atomic E-state index is 6.24. The summed E-state index contributed by atoms with van der Waals surface area (Å²) in [5, 5.41) is 0. The molecule has 4 nitrogen and oxygen atoms in total. The number of nitrogens with zero attached hydrogens (tertiary/aromatic N) is 3. The Morgan fingerprint density at radius 3 is 2.35 bits per heavy atom. The fraction of sp³-hybridized carbons (Fsp3) is 1.00. The molecule has 20 heavy (non-hydrogen) atoms. The van der Waals surface area contributed by atoms with Gasteiger partial charge in [0, 0.05) is 37.8 Å². The fourth-order valence-electron chi connectivity index (χ4n) is 3.98. The number of hydrogen-bond acceptors (Lipinski definition) is 4. The van der Waals surface area contributed by atoms with Crippen LogP contribution < -0.4 is 5.73 Å². The van der Waals surface area contributed by atoms with Gasteiger partial charge in [-0.25, -0.2) is 0 Å². The molecule has 118 valence electrons. The molecule has 0 radical (unpaired) electrons. The van der Waals surface area contributed by atoms with Gasteiger partial charge in [-0.1, -0.05) is 13.8 Å². The molecule has 2 aliphatic rings. The molecule has 0 aromatic carbocycles. The summed E-state index contributed by atoms with van der Waals surface area (Å²) < 4.78 is 0. The van der Waals surface area contributed by atoms with E-state index < -0.39 is 0 Å². The van der Waals surface area contributed by atoms with Crippen molar-refractivity contribution in [1.82, 2.24) is 14.7 Å². The fourth-order valence-corrected chi connectivity index (χ4v) is 3.98. The Morgan fingerprint density at radius 2 is 1.80 bits per heavy atom. The van der Waals surface area contributed by atoms with E-state index in [2.05, 4.69) is 35.6 Å². The molecule has 2 saturated heterocycles. The van der Waals surface area contributed by atoms with Crippen molar-refractivity contribution in [1.29, 1.82) is 0 Å². The van der Waals surface area contributed by atoms with Crippen molar-refractivity contribution < 1.29 is 0 Å². The lowest BCUT2D eigenvalue weighted by molar-refractivity contribution is -0.0221. The van der Waals surface area contributed by atoms with Gasteiger partial charge in [0.1, 0.15) is 0 Å². The first-order valence-corrected chi connectivity index (χ1v) is 8.53. The molecular formula is C16H34N4. The smallest absolute Gasteiger partial charge is 0.0357 e. The predicted molar refractivity (Wildman–Crippen MR) is 86.0 cm³/mol. The third-order valence-corrected chi connectivity index (χ3v) is 5.63. The standard InChI is InChI=1S/C16H34N4/c1-4-8-19-9-6-16(14-17,7-10-19)20-12-11-18(3)15(5-2)13-20/h15H,4-14,17H2,1-3H3. The second-order valence-electron chi connectivity index (χ2n) is 6.76. The summed E-state index contributed by atoms with van der Waals surface area (Å²) in [5.74, 6) is 0. The molecule has 2 aliphatic heterocycles. The highest BCUT2D eigenvalue weighted by molar-refractivity contribution is 4.99. The summed E-state index contributed by atoms with van der Waals surface area (Å²) in [6.07, 6.45) is 5.02. The number of likely N-dealkylation sites (N-methyl/N-ethyl adjacent to an activating group) is 1. The molecule has 0 saturated carbocycles. The molecule has 0 aromatic rings. The van der Waals surface area contributed by atoms with E-state index in [9.17, 15) is 0 Å². The summed E-state index contributed by atoms with van der Waals surface area (Å²) in [5.41, 5.74) is 6.51. The molecule has 0 amide bonds. The average Bonchev–Trinajstić information content (AvgIpc) is 2.49. The van der Waals surface area contributed by atoms with Crippen molar-refractivity contribution in [2.24, 2.45) is 5.73 Å². The molecule has 0 bridgehead atoms. The van der Waals surface area contributed by atoms with E-state index in [1.54, 1.807) is 0 Å². The third-order valence-electron chi connectivity index (χ3n) is 5.63. The number of likely N-dealkylation sites (tertiary alicyclic amines) is 1. The summed E-state index contributed by atoms with van der Waals surface area (Å²) in [7, 11) is 2.27. The van der Waals surface area contributed by atoms with Gasteiger partial charge in [0.25, 0.3) is 0 Å². The highest BCUT2D eigenvalue weighted by Crippen LogP contribution is 2.30. The summed E-state index contributed by atoms with van der Waals surface area (Å²) in [6.45, 7) is 12.7. The molecule has 0 aromatic heterocycles. The first kappa shape index (κ1) is 16.2. The first-order valence-electron chi connectivity index (χ1n) is 8.53. The van der Waals surface area contributed by atoms with E-state index in [-0.39, 0.29) is 5.54 Å². The molecule has 2 heterocycles.